The van der Waals surface area contributed by atoms with Gasteiger partial charge in [0.15, 0.2) is 0 Å². The molecule has 0 saturated heterocycles. The van der Waals surface area contributed by atoms with Gasteiger partial charge in [0, 0.05) is 18.1 Å². The van der Waals surface area contributed by atoms with Crippen molar-refractivity contribution in [1.82, 2.24) is 0 Å². The fourth-order valence-electron chi connectivity index (χ4n) is 1.59. The summed E-state index contributed by atoms with van der Waals surface area (Å²) in [5.74, 6) is -0.833. The Hall–Kier alpha value is -2.62. The third-order valence-corrected chi connectivity index (χ3v) is 2.47. The molecule has 2 N–H and O–H groups in total. The summed E-state index contributed by atoms with van der Waals surface area (Å²) in [5.41, 5.74) is 3.61. The molecule has 0 amide bonds. The summed E-state index contributed by atoms with van der Waals surface area (Å²) in [6.45, 7) is 3.11. The number of carbonyl (C=O) groups is 1. The van der Waals surface area contributed by atoms with Gasteiger partial charge in [0.2, 0.25) is 0 Å². The van der Waals surface area contributed by atoms with E-state index in [9.17, 15) is 0 Å². The van der Waals surface area contributed by atoms with Crippen LogP contribution in [0.15, 0.2) is 59.8 Å². The van der Waals surface area contributed by atoms with Crippen molar-refractivity contribution in [3.63, 3.8) is 0 Å². The Morgan fingerprint density at radius 2 is 1.40 bits per heavy atom. The van der Waals surface area contributed by atoms with Gasteiger partial charge >= 0.3 is 0 Å². The number of carboxylic acids is 1. The highest BCUT2D eigenvalue weighted by atomic mass is 16.4. The van der Waals surface area contributed by atoms with Crippen LogP contribution in [0.1, 0.15) is 23.6 Å². The number of aryl methyl sites for hydroxylation is 1. The second-order valence-electron chi connectivity index (χ2n) is 4.20. The first-order valence-corrected chi connectivity index (χ1v) is 6.08. The maximum absolute atomic E-state index is 9.09. The molecule has 0 aromatic heterocycles. The maximum Gasteiger partial charge on any atom is 0.300 e. The molecule has 0 aliphatic carbocycles. The molecule has 104 valence electrons. The Bertz CT molecular complexity index is 570. The number of oxime groups is 1. The zero-order valence-electron chi connectivity index (χ0n) is 11.4. The van der Waals surface area contributed by atoms with Crippen LogP contribution >= 0.6 is 0 Å². The van der Waals surface area contributed by atoms with Crippen LogP contribution in [0.5, 0.6) is 0 Å². The predicted molar refractivity (Wildman–Crippen MR) is 78.4 cm³/mol. The third-order valence-electron chi connectivity index (χ3n) is 2.47. The van der Waals surface area contributed by atoms with Gasteiger partial charge in [0.05, 0.1) is 0 Å². The van der Waals surface area contributed by atoms with Gasteiger partial charge in [-0.05, 0) is 6.92 Å². The quantitative estimate of drug-likeness (QED) is 0.500. The maximum atomic E-state index is 9.09. The SMILES string of the molecule is CC(=O)O.Cc1ccc(C(=NO)c2ccccc2)cc1. The molecular weight excluding hydrogens is 254 g/mol. The van der Waals surface area contributed by atoms with Gasteiger partial charge in [-0.15, -0.1) is 0 Å². The van der Waals surface area contributed by atoms with Crippen LogP contribution in [-0.2, 0) is 4.79 Å². The van der Waals surface area contributed by atoms with Gasteiger partial charge in [0.25, 0.3) is 5.97 Å². The zero-order chi connectivity index (χ0) is 15.0. The summed E-state index contributed by atoms with van der Waals surface area (Å²) >= 11 is 0. The first kappa shape index (κ1) is 15.4. The summed E-state index contributed by atoms with van der Waals surface area (Å²) in [4.78, 5) is 9.00. The van der Waals surface area contributed by atoms with Crippen LogP contribution < -0.4 is 0 Å². The van der Waals surface area contributed by atoms with E-state index in [1.807, 2.05) is 61.5 Å². The van der Waals surface area contributed by atoms with E-state index in [1.54, 1.807) is 0 Å². The number of nitrogens with zero attached hydrogens (tertiary/aromatic N) is 1. The van der Waals surface area contributed by atoms with Crippen molar-refractivity contribution in [2.24, 2.45) is 5.16 Å². The van der Waals surface area contributed by atoms with Crippen LogP contribution in [0.3, 0.4) is 0 Å². The molecule has 0 fully saturated rings. The standard InChI is InChI=1S/C14H13NO.C2H4O2/c1-11-7-9-13(10-8-11)14(15-16)12-5-3-2-4-6-12;1-2(3)4/h2-10,16H,1H3;1H3,(H,3,4). The molecule has 0 radical (unpaired) electrons. The topological polar surface area (TPSA) is 69.9 Å². The zero-order valence-corrected chi connectivity index (χ0v) is 11.4. The van der Waals surface area contributed by atoms with Crippen LogP contribution in [0, 0.1) is 6.92 Å². The van der Waals surface area contributed by atoms with Gasteiger partial charge in [-0.1, -0.05) is 65.3 Å². The molecule has 2 aromatic carbocycles. The van der Waals surface area contributed by atoms with E-state index < -0.39 is 5.97 Å². The number of benzene rings is 2. The van der Waals surface area contributed by atoms with Crippen LogP contribution in [0.2, 0.25) is 0 Å². The fourth-order valence-corrected chi connectivity index (χ4v) is 1.59. The average Bonchev–Trinajstić information content (AvgIpc) is 2.42. The molecule has 0 aliphatic heterocycles. The van der Waals surface area contributed by atoms with Gasteiger partial charge in [-0.2, -0.15) is 0 Å². The Balaban J connectivity index is 0.000000444. The van der Waals surface area contributed by atoms with Gasteiger partial charge in [0.1, 0.15) is 5.71 Å². The monoisotopic (exact) mass is 271 g/mol. The number of hydrogen-bond donors (Lipinski definition) is 2. The minimum Gasteiger partial charge on any atom is -0.481 e. The summed E-state index contributed by atoms with van der Waals surface area (Å²) < 4.78 is 0. The molecule has 4 heteroatoms. The highest BCUT2D eigenvalue weighted by Crippen LogP contribution is 2.11. The Morgan fingerprint density at radius 1 is 0.950 bits per heavy atom. The van der Waals surface area contributed by atoms with E-state index >= 15 is 0 Å². The summed E-state index contributed by atoms with van der Waals surface area (Å²) in [6, 6.07) is 17.6. The van der Waals surface area contributed by atoms with Crippen molar-refractivity contribution in [1.29, 1.82) is 0 Å². The molecule has 0 bridgehead atoms. The number of rotatable bonds is 2. The fraction of sp³-hybridized carbons (Fsp3) is 0.125. The summed E-state index contributed by atoms with van der Waals surface area (Å²) in [6.07, 6.45) is 0. The minimum atomic E-state index is -0.833. The molecule has 2 rings (SSSR count). The molecule has 0 heterocycles. The van der Waals surface area contributed by atoms with E-state index in [0.29, 0.717) is 5.71 Å². The van der Waals surface area contributed by atoms with E-state index in [4.69, 9.17) is 15.1 Å². The van der Waals surface area contributed by atoms with Crippen molar-refractivity contribution >= 4 is 11.7 Å². The lowest BCUT2D eigenvalue weighted by Crippen LogP contribution is -2.02. The molecular formula is C16H17NO3. The van der Waals surface area contributed by atoms with Crippen molar-refractivity contribution in [3.8, 4) is 0 Å². The number of aliphatic carboxylic acids is 1. The molecule has 20 heavy (non-hydrogen) atoms. The third kappa shape index (κ3) is 4.94. The van der Waals surface area contributed by atoms with Crippen molar-refractivity contribution in [2.75, 3.05) is 0 Å². The normalized spacial score (nSPS) is 10.4. The van der Waals surface area contributed by atoms with Crippen LogP contribution in [0.4, 0.5) is 0 Å². The lowest BCUT2D eigenvalue weighted by molar-refractivity contribution is -0.134. The molecule has 0 spiro atoms. The van der Waals surface area contributed by atoms with Gasteiger partial charge in [-0.25, -0.2) is 0 Å². The first-order chi connectivity index (χ1) is 9.54. The van der Waals surface area contributed by atoms with E-state index in [-0.39, 0.29) is 0 Å². The largest absolute Gasteiger partial charge is 0.481 e. The molecule has 0 aliphatic rings. The van der Waals surface area contributed by atoms with E-state index in [1.165, 1.54) is 5.56 Å². The van der Waals surface area contributed by atoms with E-state index in [0.717, 1.165) is 18.1 Å². The van der Waals surface area contributed by atoms with Gasteiger partial charge in [-0.3, -0.25) is 4.79 Å². The van der Waals surface area contributed by atoms with Crippen LogP contribution in [-0.4, -0.2) is 22.0 Å². The Kier molecular flexibility index (Phi) is 5.97. The lowest BCUT2D eigenvalue weighted by Gasteiger charge is -2.04. The smallest absolute Gasteiger partial charge is 0.300 e. The summed E-state index contributed by atoms with van der Waals surface area (Å²) in [7, 11) is 0. The highest BCUT2D eigenvalue weighted by molar-refractivity contribution is 6.12. The number of carboxylic acid groups (broad SMARTS) is 1. The van der Waals surface area contributed by atoms with Crippen molar-refractivity contribution < 1.29 is 15.1 Å². The van der Waals surface area contributed by atoms with Crippen molar-refractivity contribution in [3.05, 3.63) is 71.3 Å². The lowest BCUT2D eigenvalue weighted by atomic mass is 10.0. The van der Waals surface area contributed by atoms with Crippen molar-refractivity contribution in [2.45, 2.75) is 13.8 Å². The summed E-state index contributed by atoms with van der Waals surface area (Å²) in [5, 5.41) is 19.9. The predicted octanol–water partition coefficient (Wildman–Crippen LogP) is 3.31. The molecule has 0 unspecified atom stereocenters. The first-order valence-electron chi connectivity index (χ1n) is 6.08. The molecule has 4 nitrogen and oxygen atoms in total. The second-order valence-corrected chi connectivity index (χ2v) is 4.20. The number of hydrogen-bond acceptors (Lipinski definition) is 3. The highest BCUT2D eigenvalue weighted by Gasteiger charge is 2.06. The minimum absolute atomic E-state index is 0.598. The molecule has 2 aromatic rings. The Labute approximate surface area is 118 Å². The Morgan fingerprint density at radius 3 is 1.85 bits per heavy atom. The van der Waals surface area contributed by atoms with Gasteiger partial charge < -0.3 is 10.3 Å². The molecule has 0 atom stereocenters. The molecule has 0 saturated carbocycles. The average molecular weight is 271 g/mol. The van der Waals surface area contributed by atoms with E-state index in [2.05, 4.69) is 5.16 Å². The second kappa shape index (κ2) is 7.74. The van der Waals surface area contributed by atoms with Crippen LogP contribution in [0.25, 0.3) is 0 Å².